The minimum Gasteiger partial charge on any atom is -0.372 e. The van der Waals surface area contributed by atoms with Crippen molar-refractivity contribution in [2.75, 3.05) is 32.8 Å². The number of nitrogens with one attached hydrogen (secondary N) is 1. The first-order chi connectivity index (χ1) is 8.29. The SMILES string of the molecule is CCO[C@@H](C)c1nc(CN2CCNCC2)cs1. The van der Waals surface area contributed by atoms with Crippen LogP contribution < -0.4 is 5.32 Å². The van der Waals surface area contributed by atoms with E-state index < -0.39 is 0 Å². The lowest BCUT2D eigenvalue weighted by Crippen LogP contribution is -2.42. The van der Waals surface area contributed by atoms with E-state index in [1.54, 1.807) is 11.3 Å². The highest BCUT2D eigenvalue weighted by atomic mass is 32.1. The Kier molecular flexibility index (Phi) is 4.91. The van der Waals surface area contributed by atoms with Gasteiger partial charge in [-0.25, -0.2) is 4.98 Å². The molecular weight excluding hydrogens is 234 g/mol. The average molecular weight is 255 g/mol. The zero-order valence-corrected chi connectivity index (χ0v) is 11.4. The van der Waals surface area contributed by atoms with Gasteiger partial charge in [-0.15, -0.1) is 11.3 Å². The van der Waals surface area contributed by atoms with Crippen LogP contribution in [0.5, 0.6) is 0 Å². The number of thiazole rings is 1. The third-order valence-corrected chi connectivity index (χ3v) is 3.98. The predicted molar refractivity (Wildman–Crippen MR) is 70.3 cm³/mol. The summed E-state index contributed by atoms with van der Waals surface area (Å²) in [5, 5.41) is 6.62. The molecule has 0 aromatic carbocycles. The van der Waals surface area contributed by atoms with Crippen molar-refractivity contribution in [3.8, 4) is 0 Å². The van der Waals surface area contributed by atoms with Gasteiger partial charge in [0.2, 0.25) is 0 Å². The third kappa shape index (κ3) is 3.74. The van der Waals surface area contributed by atoms with Gasteiger partial charge >= 0.3 is 0 Å². The molecular formula is C12H21N3OS. The Morgan fingerprint density at radius 2 is 2.29 bits per heavy atom. The van der Waals surface area contributed by atoms with Crippen molar-refractivity contribution < 1.29 is 4.74 Å². The standard InChI is InChI=1S/C12H21N3OS/c1-3-16-10(2)12-14-11(9-17-12)8-15-6-4-13-5-7-15/h9-10,13H,3-8H2,1-2H3/t10-/m0/s1. The smallest absolute Gasteiger partial charge is 0.122 e. The van der Waals surface area contributed by atoms with E-state index in [0.29, 0.717) is 0 Å². The van der Waals surface area contributed by atoms with Gasteiger partial charge in [0.25, 0.3) is 0 Å². The van der Waals surface area contributed by atoms with Crippen LogP contribution in [0.25, 0.3) is 0 Å². The third-order valence-electron chi connectivity index (χ3n) is 2.93. The van der Waals surface area contributed by atoms with E-state index in [-0.39, 0.29) is 6.10 Å². The molecule has 1 aromatic heterocycles. The van der Waals surface area contributed by atoms with E-state index in [1.165, 1.54) is 5.69 Å². The fraction of sp³-hybridized carbons (Fsp3) is 0.750. The van der Waals surface area contributed by atoms with Crippen LogP contribution >= 0.6 is 11.3 Å². The summed E-state index contributed by atoms with van der Waals surface area (Å²) in [7, 11) is 0. The van der Waals surface area contributed by atoms with E-state index >= 15 is 0 Å². The van der Waals surface area contributed by atoms with Crippen LogP contribution in [0.4, 0.5) is 0 Å². The fourth-order valence-electron chi connectivity index (χ4n) is 2.00. The molecule has 0 unspecified atom stereocenters. The molecule has 1 atom stereocenters. The maximum atomic E-state index is 5.56. The highest BCUT2D eigenvalue weighted by molar-refractivity contribution is 7.09. The van der Waals surface area contributed by atoms with E-state index in [9.17, 15) is 0 Å². The Hall–Kier alpha value is -0.490. The van der Waals surface area contributed by atoms with Crippen LogP contribution in [0.1, 0.15) is 30.7 Å². The van der Waals surface area contributed by atoms with E-state index in [2.05, 4.69) is 27.5 Å². The first kappa shape index (κ1) is 13.0. The zero-order chi connectivity index (χ0) is 12.1. The molecule has 1 aromatic rings. The van der Waals surface area contributed by atoms with Crippen molar-refractivity contribution >= 4 is 11.3 Å². The predicted octanol–water partition coefficient (Wildman–Crippen LogP) is 1.65. The van der Waals surface area contributed by atoms with Gasteiger partial charge in [0.15, 0.2) is 0 Å². The summed E-state index contributed by atoms with van der Waals surface area (Å²) in [5.41, 5.74) is 1.18. The van der Waals surface area contributed by atoms with Crippen molar-refractivity contribution in [1.29, 1.82) is 0 Å². The molecule has 2 heterocycles. The lowest BCUT2D eigenvalue weighted by molar-refractivity contribution is 0.0760. The summed E-state index contributed by atoms with van der Waals surface area (Å²) < 4.78 is 5.56. The molecule has 1 N–H and O–H groups in total. The van der Waals surface area contributed by atoms with Gasteiger partial charge in [0.1, 0.15) is 11.1 Å². The van der Waals surface area contributed by atoms with Crippen LogP contribution in [-0.4, -0.2) is 42.7 Å². The molecule has 0 saturated carbocycles. The number of piperazine rings is 1. The molecule has 2 rings (SSSR count). The molecule has 0 aliphatic carbocycles. The normalized spacial score (nSPS) is 19.4. The first-order valence-corrected chi connectivity index (χ1v) is 7.16. The highest BCUT2D eigenvalue weighted by Crippen LogP contribution is 2.21. The number of rotatable bonds is 5. The minimum atomic E-state index is 0.127. The summed E-state index contributed by atoms with van der Waals surface area (Å²) in [5.74, 6) is 0. The minimum absolute atomic E-state index is 0.127. The Balaban J connectivity index is 1.88. The Bertz CT molecular complexity index is 336. The topological polar surface area (TPSA) is 37.4 Å². The van der Waals surface area contributed by atoms with E-state index in [4.69, 9.17) is 4.74 Å². The summed E-state index contributed by atoms with van der Waals surface area (Å²) >= 11 is 1.71. The molecule has 0 radical (unpaired) electrons. The van der Waals surface area contributed by atoms with Gasteiger partial charge in [-0.05, 0) is 13.8 Å². The van der Waals surface area contributed by atoms with Crippen LogP contribution in [0.3, 0.4) is 0 Å². The monoisotopic (exact) mass is 255 g/mol. The number of ether oxygens (including phenoxy) is 1. The van der Waals surface area contributed by atoms with Crippen molar-refractivity contribution in [3.05, 3.63) is 16.1 Å². The van der Waals surface area contributed by atoms with Gasteiger partial charge in [0, 0.05) is 44.7 Å². The molecule has 0 amide bonds. The first-order valence-electron chi connectivity index (χ1n) is 6.28. The second-order valence-corrected chi connectivity index (χ2v) is 5.19. The Morgan fingerprint density at radius 1 is 1.53 bits per heavy atom. The van der Waals surface area contributed by atoms with E-state index in [1.807, 2.05) is 6.92 Å². The molecule has 5 heteroatoms. The summed E-state index contributed by atoms with van der Waals surface area (Å²) in [6.07, 6.45) is 0.127. The number of hydrogen-bond acceptors (Lipinski definition) is 5. The molecule has 17 heavy (non-hydrogen) atoms. The largest absolute Gasteiger partial charge is 0.372 e. The number of hydrogen-bond donors (Lipinski definition) is 1. The second kappa shape index (κ2) is 6.44. The van der Waals surface area contributed by atoms with Crippen LogP contribution in [0.2, 0.25) is 0 Å². The quantitative estimate of drug-likeness (QED) is 0.868. The molecule has 0 bridgehead atoms. The Morgan fingerprint density at radius 3 is 3.00 bits per heavy atom. The lowest BCUT2D eigenvalue weighted by Gasteiger charge is -2.26. The molecule has 1 saturated heterocycles. The van der Waals surface area contributed by atoms with E-state index in [0.717, 1.165) is 44.3 Å². The zero-order valence-electron chi connectivity index (χ0n) is 10.6. The molecule has 1 fully saturated rings. The van der Waals surface area contributed by atoms with Crippen molar-refractivity contribution in [2.45, 2.75) is 26.5 Å². The molecule has 0 spiro atoms. The van der Waals surface area contributed by atoms with Gasteiger partial charge in [-0.1, -0.05) is 0 Å². The Labute approximate surface area is 107 Å². The number of nitrogens with zero attached hydrogens (tertiary/aromatic N) is 2. The fourth-order valence-corrected chi connectivity index (χ4v) is 2.82. The lowest BCUT2D eigenvalue weighted by atomic mass is 10.3. The van der Waals surface area contributed by atoms with Crippen molar-refractivity contribution in [1.82, 2.24) is 15.2 Å². The second-order valence-electron chi connectivity index (χ2n) is 4.30. The summed E-state index contributed by atoms with van der Waals surface area (Å²) in [6, 6.07) is 0. The van der Waals surface area contributed by atoms with Crippen molar-refractivity contribution in [3.63, 3.8) is 0 Å². The van der Waals surface area contributed by atoms with Crippen LogP contribution in [0.15, 0.2) is 5.38 Å². The van der Waals surface area contributed by atoms with Gasteiger partial charge < -0.3 is 10.1 Å². The highest BCUT2D eigenvalue weighted by Gasteiger charge is 2.14. The van der Waals surface area contributed by atoms with Crippen LogP contribution in [-0.2, 0) is 11.3 Å². The summed E-state index contributed by atoms with van der Waals surface area (Å²) in [6.45, 7) is 10.2. The molecule has 4 nitrogen and oxygen atoms in total. The average Bonchev–Trinajstić information content (AvgIpc) is 2.79. The van der Waals surface area contributed by atoms with Crippen molar-refractivity contribution in [2.24, 2.45) is 0 Å². The number of aromatic nitrogens is 1. The van der Waals surface area contributed by atoms with Gasteiger partial charge in [0.05, 0.1) is 5.69 Å². The maximum absolute atomic E-state index is 5.56. The molecule has 1 aliphatic heterocycles. The maximum Gasteiger partial charge on any atom is 0.122 e. The van der Waals surface area contributed by atoms with Gasteiger partial charge in [-0.2, -0.15) is 0 Å². The molecule has 96 valence electrons. The van der Waals surface area contributed by atoms with Gasteiger partial charge in [-0.3, -0.25) is 4.90 Å². The van der Waals surface area contributed by atoms with Crippen LogP contribution in [0, 0.1) is 0 Å². The molecule has 1 aliphatic rings. The summed E-state index contributed by atoms with van der Waals surface area (Å²) in [4.78, 5) is 7.10.